The lowest BCUT2D eigenvalue weighted by molar-refractivity contribution is -0.385. The molecule has 0 saturated carbocycles. The van der Waals surface area contributed by atoms with Crippen LogP contribution in [-0.4, -0.2) is 24.9 Å². The van der Waals surface area contributed by atoms with Gasteiger partial charge in [0.2, 0.25) is 0 Å². The van der Waals surface area contributed by atoms with E-state index in [9.17, 15) is 19.8 Å². The Morgan fingerprint density at radius 1 is 1.12 bits per heavy atom. The van der Waals surface area contributed by atoms with Crippen molar-refractivity contribution < 1.29 is 19.2 Å². The van der Waals surface area contributed by atoms with E-state index in [0.717, 1.165) is 6.07 Å². The summed E-state index contributed by atoms with van der Waals surface area (Å²) in [5.41, 5.74) is 0.150. The van der Waals surface area contributed by atoms with Gasteiger partial charge >= 0.3 is 0 Å². The van der Waals surface area contributed by atoms with E-state index >= 15 is 0 Å². The van der Waals surface area contributed by atoms with Crippen LogP contribution in [0, 0.1) is 15.0 Å². The van der Waals surface area contributed by atoms with Crippen LogP contribution in [0.15, 0.2) is 47.7 Å². The molecule has 0 atom stereocenters. The first kappa shape index (κ1) is 17.8. The van der Waals surface area contributed by atoms with Gasteiger partial charge in [-0.25, -0.2) is 0 Å². The third-order valence-electron chi connectivity index (χ3n) is 3.40. The standard InChI is InChI=1S/C17H14N2O6/c1-24-16-8-5-12(9-17(16)25-2)15(20)7-4-11-3-6-13(18-21)10-14(11)19(22)23/h3-10H,1-2H3/b7-4+. The molecule has 0 amide bonds. The number of hydrogen-bond acceptors (Lipinski definition) is 7. The molecule has 0 spiro atoms. The van der Waals surface area contributed by atoms with Gasteiger partial charge in [0.25, 0.3) is 5.69 Å². The van der Waals surface area contributed by atoms with Gasteiger partial charge < -0.3 is 9.47 Å². The van der Waals surface area contributed by atoms with Crippen LogP contribution in [0.4, 0.5) is 11.4 Å². The average Bonchev–Trinajstić information content (AvgIpc) is 2.65. The van der Waals surface area contributed by atoms with E-state index in [-0.39, 0.29) is 22.7 Å². The highest BCUT2D eigenvalue weighted by atomic mass is 16.6. The van der Waals surface area contributed by atoms with Gasteiger partial charge in [-0.3, -0.25) is 14.9 Å². The molecule has 0 unspecified atom stereocenters. The van der Waals surface area contributed by atoms with Gasteiger partial charge in [0.05, 0.1) is 24.7 Å². The Morgan fingerprint density at radius 2 is 1.84 bits per heavy atom. The summed E-state index contributed by atoms with van der Waals surface area (Å²) in [5.74, 6) is 0.512. The fourth-order valence-corrected chi connectivity index (χ4v) is 2.14. The molecule has 0 aliphatic heterocycles. The summed E-state index contributed by atoms with van der Waals surface area (Å²) >= 11 is 0. The van der Waals surface area contributed by atoms with E-state index < -0.39 is 4.92 Å². The molecule has 8 nitrogen and oxygen atoms in total. The third-order valence-corrected chi connectivity index (χ3v) is 3.40. The topological polar surface area (TPSA) is 108 Å². The maximum atomic E-state index is 12.3. The minimum atomic E-state index is -0.644. The summed E-state index contributed by atoms with van der Waals surface area (Å²) < 4.78 is 10.2. The van der Waals surface area contributed by atoms with Gasteiger partial charge in [-0.05, 0) is 47.7 Å². The molecule has 0 saturated heterocycles. The first-order chi connectivity index (χ1) is 12.0. The van der Waals surface area contributed by atoms with Crippen molar-refractivity contribution in [2.24, 2.45) is 5.18 Å². The second kappa shape index (κ2) is 7.82. The molecule has 2 rings (SSSR count). The van der Waals surface area contributed by atoms with Crippen LogP contribution in [0.5, 0.6) is 11.5 Å². The molecule has 25 heavy (non-hydrogen) atoms. The number of allylic oxidation sites excluding steroid dienone is 1. The SMILES string of the molecule is COc1ccc(C(=O)/C=C/c2ccc(N=O)cc2[N+](=O)[O-])cc1OC. The van der Waals surface area contributed by atoms with Crippen LogP contribution in [0.3, 0.4) is 0 Å². The first-order valence-corrected chi connectivity index (χ1v) is 7.06. The second-order valence-electron chi connectivity index (χ2n) is 4.86. The predicted molar refractivity (Wildman–Crippen MR) is 91.5 cm³/mol. The van der Waals surface area contributed by atoms with Crippen molar-refractivity contribution in [3.63, 3.8) is 0 Å². The lowest BCUT2D eigenvalue weighted by Crippen LogP contribution is -1.98. The van der Waals surface area contributed by atoms with Crippen molar-refractivity contribution >= 4 is 23.2 Å². The Labute approximate surface area is 142 Å². The van der Waals surface area contributed by atoms with Crippen molar-refractivity contribution in [3.05, 3.63) is 68.6 Å². The Hall–Kier alpha value is -3.55. The summed E-state index contributed by atoms with van der Waals surface area (Å²) in [6.45, 7) is 0. The number of nitro groups is 1. The van der Waals surface area contributed by atoms with E-state index in [2.05, 4.69) is 5.18 Å². The number of nitroso groups, excluding NO2 is 1. The number of benzene rings is 2. The van der Waals surface area contributed by atoms with Gasteiger partial charge in [0.1, 0.15) is 5.69 Å². The van der Waals surface area contributed by atoms with E-state index in [0.29, 0.717) is 17.1 Å². The number of nitrogens with zero attached hydrogens (tertiary/aromatic N) is 2. The molecular formula is C17H14N2O6. The maximum absolute atomic E-state index is 12.3. The van der Waals surface area contributed by atoms with Crippen LogP contribution in [0.2, 0.25) is 0 Å². The minimum Gasteiger partial charge on any atom is -0.493 e. The van der Waals surface area contributed by atoms with Gasteiger partial charge in [-0.1, -0.05) is 0 Å². The summed E-state index contributed by atoms with van der Waals surface area (Å²) in [6.07, 6.45) is 2.52. The molecule has 0 aliphatic carbocycles. The van der Waals surface area contributed by atoms with Gasteiger partial charge in [-0.2, -0.15) is 0 Å². The summed E-state index contributed by atoms with van der Waals surface area (Å²) in [5, 5.41) is 13.7. The summed E-state index contributed by atoms with van der Waals surface area (Å²) in [7, 11) is 2.93. The fourth-order valence-electron chi connectivity index (χ4n) is 2.14. The molecule has 0 aromatic heterocycles. The first-order valence-electron chi connectivity index (χ1n) is 7.06. The van der Waals surface area contributed by atoms with Gasteiger partial charge in [-0.15, -0.1) is 4.91 Å². The van der Waals surface area contributed by atoms with Crippen LogP contribution in [-0.2, 0) is 0 Å². The monoisotopic (exact) mass is 342 g/mol. The number of carbonyl (C=O) groups excluding carboxylic acids is 1. The third kappa shape index (κ3) is 4.05. The fraction of sp³-hybridized carbons (Fsp3) is 0.118. The number of nitro benzene ring substituents is 1. The van der Waals surface area contributed by atoms with E-state index in [1.807, 2.05) is 0 Å². The number of methoxy groups -OCH3 is 2. The van der Waals surface area contributed by atoms with E-state index in [1.54, 1.807) is 12.1 Å². The quantitative estimate of drug-likeness (QED) is 0.248. The van der Waals surface area contributed by atoms with E-state index in [4.69, 9.17) is 9.47 Å². The summed E-state index contributed by atoms with van der Waals surface area (Å²) in [4.78, 5) is 33.2. The zero-order valence-corrected chi connectivity index (χ0v) is 13.5. The highest BCUT2D eigenvalue weighted by Gasteiger charge is 2.14. The average molecular weight is 342 g/mol. The molecule has 0 N–H and O–H groups in total. The Morgan fingerprint density at radius 3 is 2.44 bits per heavy atom. The molecule has 2 aromatic carbocycles. The molecule has 0 aliphatic rings. The number of carbonyl (C=O) groups is 1. The van der Waals surface area contributed by atoms with Crippen molar-refractivity contribution in [2.75, 3.05) is 14.2 Å². The smallest absolute Gasteiger partial charge is 0.278 e. The Kier molecular flexibility index (Phi) is 5.57. The van der Waals surface area contributed by atoms with Crippen molar-refractivity contribution in [3.8, 4) is 11.5 Å². The predicted octanol–water partition coefficient (Wildman–Crippen LogP) is 3.91. The van der Waals surface area contributed by atoms with E-state index in [1.165, 1.54) is 44.6 Å². The molecule has 8 heteroatoms. The lowest BCUT2D eigenvalue weighted by atomic mass is 10.1. The molecule has 0 radical (unpaired) electrons. The largest absolute Gasteiger partial charge is 0.493 e. The van der Waals surface area contributed by atoms with Crippen LogP contribution < -0.4 is 9.47 Å². The molecule has 0 fully saturated rings. The molecular weight excluding hydrogens is 328 g/mol. The molecule has 128 valence electrons. The number of ether oxygens (including phenoxy) is 2. The van der Waals surface area contributed by atoms with Gasteiger partial charge in [0.15, 0.2) is 17.3 Å². The summed E-state index contributed by atoms with van der Waals surface area (Å²) in [6, 6.07) is 8.40. The highest BCUT2D eigenvalue weighted by molar-refractivity contribution is 6.07. The Balaban J connectivity index is 2.32. The van der Waals surface area contributed by atoms with Gasteiger partial charge in [0, 0.05) is 11.6 Å². The number of rotatable bonds is 7. The van der Waals surface area contributed by atoms with Crippen molar-refractivity contribution in [2.45, 2.75) is 0 Å². The number of ketones is 1. The van der Waals surface area contributed by atoms with Crippen LogP contribution in [0.1, 0.15) is 15.9 Å². The Bertz CT molecular complexity index is 860. The number of hydrogen-bond donors (Lipinski definition) is 0. The lowest BCUT2D eigenvalue weighted by Gasteiger charge is -2.08. The molecule has 2 aromatic rings. The van der Waals surface area contributed by atoms with Crippen LogP contribution in [0.25, 0.3) is 6.08 Å². The zero-order chi connectivity index (χ0) is 18.4. The van der Waals surface area contributed by atoms with Crippen molar-refractivity contribution in [1.29, 1.82) is 0 Å². The van der Waals surface area contributed by atoms with Crippen LogP contribution >= 0.6 is 0 Å². The van der Waals surface area contributed by atoms with Crippen molar-refractivity contribution in [1.82, 2.24) is 0 Å². The molecule has 0 bridgehead atoms. The highest BCUT2D eigenvalue weighted by Crippen LogP contribution is 2.29. The normalized spacial score (nSPS) is 10.5. The minimum absolute atomic E-state index is 0.0601. The maximum Gasteiger partial charge on any atom is 0.278 e. The second-order valence-corrected chi connectivity index (χ2v) is 4.86. The molecule has 0 heterocycles. The zero-order valence-electron chi connectivity index (χ0n) is 13.5.